The molecule has 7 heteroatoms. The molecule has 1 fully saturated rings. The van der Waals surface area contributed by atoms with Crippen molar-refractivity contribution < 1.29 is 14.3 Å². The summed E-state index contributed by atoms with van der Waals surface area (Å²) in [5.41, 5.74) is 3.21. The fourth-order valence-electron chi connectivity index (χ4n) is 4.45. The number of carbonyl (C=O) groups is 2. The quantitative estimate of drug-likeness (QED) is 0.527. The highest BCUT2D eigenvalue weighted by atomic mass is 35.5. The maximum atomic E-state index is 13.1. The first-order chi connectivity index (χ1) is 15.4. The van der Waals surface area contributed by atoms with Crippen LogP contribution in [0.3, 0.4) is 0 Å². The molecule has 166 valence electrons. The van der Waals surface area contributed by atoms with Crippen LogP contribution in [0.15, 0.2) is 54.6 Å². The normalized spacial score (nSPS) is 14.8. The van der Waals surface area contributed by atoms with Crippen LogP contribution in [0.25, 0.3) is 5.69 Å². The zero-order chi connectivity index (χ0) is 22.7. The molecule has 0 spiro atoms. The number of aromatic nitrogens is 2. The minimum atomic E-state index is -0.713. The number of ether oxygens (including phenoxy) is 1. The molecule has 1 aliphatic carbocycles. The summed E-state index contributed by atoms with van der Waals surface area (Å²) >= 11 is 6.01. The van der Waals surface area contributed by atoms with Gasteiger partial charge in [0, 0.05) is 5.02 Å². The van der Waals surface area contributed by atoms with Crippen molar-refractivity contribution in [3.63, 3.8) is 0 Å². The van der Waals surface area contributed by atoms with E-state index in [-0.39, 0.29) is 18.5 Å². The van der Waals surface area contributed by atoms with Gasteiger partial charge in [0.05, 0.1) is 28.2 Å². The van der Waals surface area contributed by atoms with E-state index in [1.54, 1.807) is 16.8 Å². The van der Waals surface area contributed by atoms with Gasteiger partial charge < -0.3 is 10.1 Å². The lowest BCUT2D eigenvalue weighted by Gasteiger charge is -2.27. The number of aryl methyl sites for hydroxylation is 1. The SMILES string of the molecule is Cc1nn(-c2ccccc2)c(C)c1NC(=O)COC(=O)C1(c2ccc(Cl)cc2)CCCC1. The van der Waals surface area contributed by atoms with Gasteiger partial charge in [0.25, 0.3) is 5.91 Å². The number of hydrogen-bond acceptors (Lipinski definition) is 4. The monoisotopic (exact) mass is 451 g/mol. The topological polar surface area (TPSA) is 73.2 Å². The van der Waals surface area contributed by atoms with Gasteiger partial charge >= 0.3 is 5.97 Å². The second-order valence-corrected chi connectivity index (χ2v) is 8.65. The van der Waals surface area contributed by atoms with E-state index in [1.165, 1.54) is 0 Å². The van der Waals surface area contributed by atoms with Crippen LogP contribution in [0.1, 0.15) is 42.6 Å². The average molecular weight is 452 g/mol. The van der Waals surface area contributed by atoms with Crippen molar-refractivity contribution in [2.75, 3.05) is 11.9 Å². The molecule has 1 N–H and O–H groups in total. The molecular formula is C25H26ClN3O3. The Hall–Kier alpha value is -3.12. The molecule has 0 atom stereocenters. The average Bonchev–Trinajstić information content (AvgIpc) is 3.40. The smallest absolute Gasteiger partial charge is 0.317 e. The standard InChI is InChI=1S/C25H26ClN3O3/c1-17-23(18(2)29(28-17)21-8-4-3-5-9-21)27-22(30)16-32-24(31)25(14-6-7-15-25)19-10-12-20(26)13-11-19/h3-5,8-13H,6-7,14-16H2,1-2H3,(H,27,30). The van der Waals surface area contributed by atoms with E-state index in [0.29, 0.717) is 29.2 Å². The minimum absolute atomic E-state index is 0.344. The largest absolute Gasteiger partial charge is 0.455 e. The van der Waals surface area contributed by atoms with Gasteiger partial charge in [-0.2, -0.15) is 5.10 Å². The highest BCUT2D eigenvalue weighted by molar-refractivity contribution is 6.30. The Bertz CT molecular complexity index is 1120. The molecule has 0 unspecified atom stereocenters. The van der Waals surface area contributed by atoms with Crippen molar-refractivity contribution in [3.8, 4) is 5.69 Å². The van der Waals surface area contributed by atoms with Gasteiger partial charge in [-0.05, 0) is 56.5 Å². The van der Waals surface area contributed by atoms with Crippen LogP contribution in [0.2, 0.25) is 5.02 Å². The number of nitrogens with zero attached hydrogens (tertiary/aromatic N) is 2. The first-order valence-corrected chi connectivity index (χ1v) is 11.1. The maximum Gasteiger partial charge on any atom is 0.317 e. The maximum absolute atomic E-state index is 13.1. The Labute approximate surface area is 192 Å². The predicted molar refractivity (Wildman–Crippen MR) is 124 cm³/mol. The number of hydrogen-bond donors (Lipinski definition) is 1. The molecule has 1 amide bonds. The van der Waals surface area contributed by atoms with Gasteiger partial charge in [0.1, 0.15) is 0 Å². The second-order valence-electron chi connectivity index (χ2n) is 8.21. The summed E-state index contributed by atoms with van der Waals surface area (Å²) in [6.45, 7) is 3.38. The number of anilines is 1. The first kappa shape index (κ1) is 22.1. The van der Waals surface area contributed by atoms with Gasteiger partial charge in [-0.1, -0.05) is 54.8 Å². The molecule has 1 aliphatic rings. The second kappa shape index (κ2) is 9.17. The van der Waals surface area contributed by atoms with Crippen LogP contribution < -0.4 is 5.32 Å². The molecular weight excluding hydrogens is 426 g/mol. The van der Waals surface area contributed by atoms with Crippen LogP contribution in [0.4, 0.5) is 5.69 Å². The summed E-state index contributed by atoms with van der Waals surface area (Å²) < 4.78 is 7.29. The highest BCUT2D eigenvalue weighted by Gasteiger charge is 2.44. The molecule has 6 nitrogen and oxygen atoms in total. The zero-order valence-electron chi connectivity index (χ0n) is 18.2. The van der Waals surface area contributed by atoms with Crippen molar-refractivity contribution in [3.05, 3.63) is 76.6 Å². The number of amides is 1. The van der Waals surface area contributed by atoms with Crippen LogP contribution in [0.5, 0.6) is 0 Å². The summed E-state index contributed by atoms with van der Waals surface area (Å²) in [6.07, 6.45) is 3.30. The molecule has 2 aromatic carbocycles. The van der Waals surface area contributed by atoms with Crippen molar-refractivity contribution >= 4 is 29.2 Å². The van der Waals surface area contributed by atoms with E-state index >= 15 is 0 Å². The highest BCUT2D eigenvalue weighted by Crippen LogP contribution is 2.42. The van der Waals surface area contributed by atoms with Crippen molar-refractivity contribution in [1.82, 2.24) is 9.78 Å². The number of halogens is 1. The van der Waals surface area contributed by atoms with E-state index < -0.39 is 5.41 Å². The van der Waals surface area contributed by atoms with Gasteiger partial charge in [-0.3, -0.25) is 9.59 Å². The number of rotatable bonds is 6. The number of carbonyl (C=O) groups excluding carboxylic acids is 2. The van der Waals surface area contributed by atoms with Crippen molar-refractivity contribution in [2.45, 2.75) is 44.9 Å². The molecule has 0 aliphatic heterocycles. The van der Waals surface area contributed by atoms with Gasteiger partial charge in [0.2, 0.25) is 0 Å². The summed E-state index contributed by atoms with van der Waals surface area (Å²) in [5.74, 6) is -0.748. The Morgan fingerprint density at radius 1 is 1.06 bits per heavy atom. The van der Waals surface area contributed by atoms with Crippen LogP contribution in [-0.4, -0.2) is 28.3 Å². The van der Waals surface area contributed by atoms with Crippen LogP contribution in [-0.2, 0) is 19.7 Å². The fourth-order valence-corrected chi connectivity index (χ4v) is 4.57. The Balaban J connectivity index is 1.44. The molecule has 4 rings (SSSR count). The third kappa shape index (κ3) is 4.28. The van der Waals surface area contributed by atoms with Gasteiger partial charge in [0.15, 0.2) is 6.61 Å². The van der Waals surface area contributed by atoms with E-state index in [2.05, 4.69) is 10.4 Å². The lowest BCUT2D eigenvalue weighted by Crippen LogP contribution is -2.36. The lowest BCUT2D eigenvalue weighted by molar-refractivity contribution is -0.153. The lowest BCUT2D eigenvalue weighted by atomic mass is 9.79. The van der Waals surface area contributed by atoms with E-state index in [1.807, 2.05) is 56.3 Å². The molecule has 0 saturated heterocycles. The summed E-state index contributed by atoms with van der Waals surface area (Å²) in [7, 11) is 0. The molecule has 32 heavy (non-hydrogen) atoms. The summed E-state index contributed by atoms with van der Waals surface area (Å²) in [5, 5.41) is 8.01. The van der Waals surface area contributed by atoms with E-state index in [4.69, 9.17) is 16.3 Å². The van der Waals surface area contributed by atoms with Crippen LogP contribution >= 0.6 is 11.6 Å². The van der Waals surface area contributed by atoms with Crippen LogP contribution in [0, 0.1) is 13.8 Å². The number of benzene rings is 2. The molecule has 1 aromatic heterocycles. The predicted octanol–water partition coefficient (Wildman–Crippen LogP) is 5.14. The number of para-hydroxylation sites is 1. The molecule has 3 aromatic rings. The number of nitrogens with one attached hydrogen (secondary N) is 1. The minimum Gasteiger partial charge on any atom is -0.455 e. The molecule has 1 heterocycles. The van der Waals surface area contributed by atoms with Gasteiger partial charge in [-0.25, -0.2) is 4.68 Å². The zero-order valence-corrected chi connectivity index (χ0v) is 19.0. The molecule has 0 bridgehead atoms. The fraction of sp³-hybridized carbons (Fsp3) is 0.320. The van der Waals surface area contributed by atoms with E-state index in [0.717, 1.165) is 29.8 Å². The Morgan fingerprint density at radius 2 is 1.72 bits per heavy atom. The van der Waals surface area contributed by atoms with Gasteiger partial charge in [-0.15, -0.1) is 0 Å². The van der Waals surface area contributed by atoms with Crippen molar-refractivity contribution in [2.24, 2.45) is 0 Å². The third-order valence-corrected chi connectivity index (χ3v) is 6.39. The Morgan fingerprint density at radius 3 is 2.38 bits per heavy atom. The third-order valence-electron chi connectivity index (χ3n) is 6.14. The van der Waals surface area contributed by atoms with Crippen molar-refractivity contribution in [1.29, 1.82) is 0 Å². The first-order valence-electron chi connectivity index (χ1n) is 10.8. The summed E-state index contributed by atoms with van der Waals surface area (Å²) in [4.78, 5) is 25.7. The molecule has 1 saturated carbocycles. The molecule has 0 radical (unpaired) electrons. The summed E-state index contributed by atoms with van der Waals surface area (Å²) in [6, 6.07) is 17.0. The number of esters is 1. The Kier molecular flexibility index (Phi) is 6.33. The van der Waals surface area contributed by atoms with E-state index in [9.17, 15) is 9.59 Å².